The van der Waals surface area contributed by atoms with E-state index >= 15 is 0 Å². The number of halogens is 1. The van der Waals surface area contributed by atoms with E-state index in [-0.39, 0.29) is 16.0 Å². The molecule has 6 heteroatoms. The fourth-order valence-electron chi connectivity index (χ4n) is 4.92. The molecule has 5 rings (SSSR count). The molecule has 0 spiro atoms. The number of sulfonamides is 1. The number of pyridine rings is 1. The van der Waals surface area contributed by atoms with Crippen LogP contribution in [0, 0.1) is 23.7 Å². The molecule has 4 aliphatic carbocycles. The van der Waals surface area contributed by atoms with Gasteiger partial charge in [0.25, 0.3) is 0 Å². The third-order valence-electron chi connectivity index (χ3n) is 5.54. The van der Waals surface area contributed by atoms with Crippen molar-refractivity contribution in [2.24, 2.45) is 23.7 Å². The molecule has 0 saturated heterocycles. The number of hydrogen-bond acceptors (Lipinski definition) is 3. The minimum Gasteiger partial charge on any atom is -0.263 e. The molecule has 4 saturated carbocycles. The molecule has 1 N–H and O–H groups in total. The van der Waals surface area contributed by atoms with E-state index in [1.165, 1.54) is 50.6 Å². The van der Waals surface area contributed by atoms with Crippen LogP contribution in [0.15, 0.2) is 23.4 Å². The summed E-state index contributed by atoms with van der Waals surface area (Å²) in [6, 6.07) is 1.60. The first kappa shape index (κ1) is 14.0. The Hall–Kier alpha value is -0.650. The summed E-state index contributed by atoms with van der Waals surface area (Å²) in [5.41, 5.74) is 0. The van der Waals surface area contributed by atoms with Crippen LogP contribution in [0.1, 0.15) is 32.1 Å². The van der Waals surface area contributed by atoms with Gasteiger partial charge in [-0.15, -0.1) is 0 Å². The molecule has 114 valence electrons. The molecule has 4 nitrogen and oxygen atoms in total. The zero-order valence-electron chi connectivity index (χ0n) is 11.7. The lowest BCUT2D eigenvalue weighted by Crippen LogP contribution is -2.55. The monoisotopic (exact) mass is 326 g/mol. The SMILES string of the molecule is O=S(=O)(NC1C2CC3CC(C2)CC1C3)c1cnccc1Cl. The van der Waals surface area contributed by atoms with Crippen LogP contribution >= 0.6 is 11.6 Å². The van der Waals surface area contributed by atoms with E-state index in [9.17, 15) is 8.42 Å². The fourth-order valence-corrected chi connectivity index (χ4v) is 6.73. The quantitative estimate of drug-likeness (QED) is 0.929. The van der Waals surface area contributed by atoms with E-state index in [2.05, 4.69) is 9.71 Å². The van der Waals surface area contributed by atoms with Gasteiger partial charge in [0.2, 0.25) is 10.0 Å². The van der Waals surface area contributed by atoms with Gasteiger partial charge >= 0.3 is 0 Å². The highest BCUT2D eigenvalue weighted by Crippen LogP contribution is 2.53. The smallest absolute Gasteiger partial charge is 0.243 e. The van der Waals surface area contributed by atoms with Gasteiger partial charge < -0.3 is 0 Å². The Balaban J connectivity index is 1.60. The van der Waals surface area contributed by atoms with Crippen LogP contribution in [0.4, 0.5) is 0 Å². The Morgan fingerprint density at radius 1 is 1.10 bits per heavy atom. The molecule has 0 radical (unpaired) electrons. The molecular formula is C15H19ClN2O2S. The zero-order chi connectivity index (χ0) is 14.6. The first-order valence-corrected chi connectivity index (χ1v) is 9.51. The molecule has 0 amide bonds. The highest BCUT2D eigenvalue weighted by atomic mass is 35.5. The van der Waals surface area contributed by atoms with E-state index in [0.717, 1.165) is 11.8 Å². The van der Waals surface area contributed by atoms with Gasteiger partial charge in [-0.25, -0.2) is 13.1 Å². The van der Waals surface area contributed by atoms with E-state index in [1.807, 2.05) is 0 Å². The normalized spacial score (nSPS) is 37.9. The summed E-state index contributed by atoms with van der Waals surface area (Å²) in [5, 5.41) is 0.237. The van der Waals surface area contributed by atoms with Gasteiger partial charge in [-0.05, 0) is 61.8 Å². The zero-order valence-corrected chi connectivity index (χ0v) is 13.3. The molecule has 1 heterocycles. The minimum absolute atomic E-state index is 0.0825. The predicted molar refractivity (Wildman–Crippen MR) is 80.4 cm³/mol. The van der Waals surface area contributed by atoms with E-state index in [0.29, 0.717) is 11.8 Å². The van der Waals surface area contributed by atoms with Gasteiger partial charge in [0.05, 0.1) is 5.02 Å². The largest absolute Gasteiger partial charge is 0.263 e. The lowest BCUT2D eigenvalue weighted by molar-refractivity contribution is -0.00557. The molecule has 0 atom stereocenters. The molecule has 4 fully saturated rings. The Labute approximate surface area is 130 Å². The maximum absolute atomic E-state index is 12.6. The maximum Gasteiger partial charge on any atom is 0.243 e. The predicted octanol–water partition coefficient (Wildman–Crippen LogP) is 2.84. The summed E-state index contributed by atoms with van der Waals surface area (Å²) in [5.74, 6) is 2.67. The van der Waals surface area contributed by atoms with Crippen molar-refractivity contribution in [3.63, 3.8) is 0 Å². The average molecular weight is 327 g/mol. The topological polar surface area (TPSA) is 59.1 Å². The Morgan fingerprint density at radius 2 is 1.71 bits per heavy atom. The standard InChI is InChI=1S/C15H19ClN2O2S/c16-13-1-2-17-8-14(13)21(19,20)18-15-11-4-9-3-10(6-11)7-12(15)5-9/h1-2,8-12,15,18H,3-7H2. The first-order chi connectivity index (χ1) is 10.0. The van der Waals surface area contributed by atoms with Crippen LogP contribution in [0.3, 0.4) is 0 Å². The van der Waals surface area contributed by atoms with Crippen molar-refractivity contribution in [1.82, 2.24) is 9.71 Å². The summed E-state index contributed by atoms with van der Waals surface area (Å²) in [7, 11) is -3.58. The summed E-state index contributed by atoms with van der Waals surface area (Å²) in [6.07, 6.45) is 8.93. The maximum atomic E-state index is 12.6. The molecule has 21 heavy (non-hydrogen) atoms. The van der Waals surface area contributed by atoms with Crippen LogP contribution in [0.5, 0.6) is 0 Å². The molecule has 0 aliphatic heterocycles. The van der Waals surface area contributed by atoms with Crippen LogP contribution in [0.25, 0.3) is 0 Å². The van der Waals surface area contributed by atoms with Gasteiger partial charge in [0, 0.05) is 18.4 Å². The Morgan fingerprint density at radius 3 is 2.29 bits per heavy atom. The minimum atomic E-state index is -3.58. The molecular weight excluding hydrogens is 308 g/mol. The second-order valence-electron chi connectivity index (χ2n) is 6.88. The third-order valence-corrected chi connectivity index (χ3v) is 7.47. The summed E-state index contributed by atoms with van der Waals surface area (Å²) in [6.45, 7) is 0. The number of hydrogen-bond donors (Lipinski definition) is 1. The van der Waals surface area contributed by atoms with Gasteiger partial charge in [0.15, 0.2) is 0 Å². The number of nitrogens with zero attached hydrogens (tertiary/aromatic N) is 1. The Kier molecular flexibility index (Phi) is 3.28. The number of nitrogens with one attached hydrogen (secondary N) is 1. The number of rotatable bonds is 3. The fraction of sp³-hybridized carbons (Fsp3) is 0.667. The molecule has 4 aliphatic rings. The lowest BCUT2D eigenvalue weighted by Gasteiger charge is -2.54. The summed E-state index contributed by atoms with van der Waals surface area (Å²) in [4.78, 5) is 3.99. The first-order valence-electron chi connectivity index (χ1n) is 7.65. The van der Waals surface area contributed by atoms with Gasteiger partial charge in [-0.1, -0.05) is 11.6 Å². The lowest BCUT2D eigenvalue weighted by atomic mass is 9.54. The second-order valence-corrected chi connectivity index (χ2v) is 8.97. The van der Waals surface area contributed by atoms with Crippen LogP contribution in [-0.2, 0) is 10.0 Å². The molecule has 1 aromatic heterocycles. The van der Waals surface area contributed by atoms with E-state index in [1.54, 1.807) is 0 Å². The van der Waals surface area contributed by atoms with Crippen LogP contribution < -0.4 is 4.72 Å². The van der Waals surface area contributed by atoms with Crippen molar-refractivity contribution in [2.75, 3.05) is 0 Å². The molecule has 0 aromatic carbocycles. The van der Waals surface area contributed by atoms with E-state index in [4.69, 9.17) is 11.6 Å². The highest BCUT2D eigenvalue weighted by Gasteiger charge is 2.49. The van der Waals surface area contributed by atoms with Crippen molar-refractivity contribution >= 4 is 21.6 Å². The van der Waals surface area contributed by atoms with Gasteiger partial charge in [-0.3, -0.25) is 4.98 Å². The molecule has 0 unspecified atom stereocenters. The third kappa shape index (κ3) is 2.39. The summed E-state index contributed by atoms with van der Waals surface area (Å²) < 4.78 is 28.2. The number of aromatic nitrogens is 1. The van der Waals surface area contributed by atoms with Crippen molar-refractivity contribution < 1.29 is 8.42 Å². The van der Waals surface area contributed by atoms with Crippen molar-refractivity contribution in [1.29, 1.82) is 0 Å². The second kappa shape index (κ2) is 4.93. The van der Waals surface area contributed by atoms with Crippen LogP contribution in [-0.4, -0.2) is 19.4 Å². The Bertz CT molecular complexity index is 633. The van der Waals surface area contributed by atoms with Crippen molar-refractivity contribution in [3.05, 3.63) is 23.5 Å². The van der Waals surface area contributed by atoms with Gasteiger partial charge in [0.1, 0.15) is 4.90 Å². The van der Waals surface area contributed by atoms with E-state index < -0.39 is 10.0 Å². The van der Waals surface area contributed by atoms with Crippen LogP contribution in [0.2, 0.25) is 5.02 Å². The summed E-state index contributed by atoms with van der Waals surface area (Å²) >= 11 is 6.02. The van der Waals surface area contributed by atoms with Crippen molar-refractivity contribution in [3.8, 4) is 0 Å². The molecule has 4 bridgehead atoms. The molecule has 1 aromatic rings. The highest BCUT2D eigenvalue weighted by molar-refractivity contribution is 7.89. The van der Waals surface area contributed by atoms with Crippen molar-refractivity contribution in [2.45, 2.75) is 43.0 Å². The van der Waals surface area contributed by atoms with Gasteiger partial charge in [-0.2, -0.15) is 0 Å². The average Bonchev–Trinajstić information content (AvgIpc) is 2.42.